The van der Waals surface area contributed by atoms with Gasteiger partial charge in [-0.25, -0.2) is 0 Å². The van der Waals surface area contributed by atoms with Gasteiger partial charge in [0.1, 0.15) is 0 Å². The van der Waals surface area contributed by atoms with Crippen molar-refractivity contribution in [2.45, 2.75) is 39.0 Å². The SMILES string of the molecule is [CH2]C(C)CC(C1CC1)C1CC1. The number of hydrogen-bond acceptors (Lipinski definition) is 0. The minimum atomic E-state index is 0.682. The van der Waals surface area contributed by atoms with Gasteiger partial charge in [0, 0.05) is 0 Å². The van der Waals surface area contributed by atoms with Crippen LogP contribution in [-0.4, -0.2) is 0 Å². The van der Waals surface area contributed by atoms with Gasteiger partial charge in [-0.3, -0.25) is 0 Å². The van der Waals surface area contributed by atoms with Crippen molar-refractivity contribution < 1.29 is 0 Å². The molecule has 0 saturated heterocycles. The summed E-state index contributed by atoms with van der Waals surface area (Å²) in [4.78, 5) is 0. The van der Waals surface area contributed by atoms with E-state index in [-0.39, 0.29) is 0 Å². The molecule has 0 heteroatoms. The third-order valence-corrected chi connectivity index (χ3v) is 3.13. The van der Waals surface area contributed by atoms with Crippen LogP contribution in [-0.2, 0) is 0 Å². The van der Waals surface area contributed by atoms with Gasteiger partial charge >= 0.3 is 0 Å². The minimum absolute atomic E-state index is 0.682. The van der Waals surface area contributed by atoms with Crippen LogP contribution in [0, 0.1) is 30.6 Å². The summed E-state index contributed by atoms with van der Waals surface area (Å²) in [5.41, 5.74) is 0. The maximum atomic E-state index is 4.10. The summed E-state index contributed by atoms with van der Waals surface area (Å²) >= 11 is 0. The molecule has 0 amide bonds. The molecule has 2 aliphatic carbocycles. The van der Waals surface area contributed by atoms with Gasteiger partial charge in [-0.2, -0.15) is 0 Å². The van der Waals surface area contributed by atoms with E-state index < -0.39 is 0 Å². The number of hydrogen-bond donors (Lipinski definition) is 0. The molecule has 0 aromatic rings. The maximum absolute atomic E-state index is 4.10. The van der Waals surface area contributed by atoms with Crippen molar-refractivity contribution in [1.29, 1.82) is 0 Å². The molecule has 2 fully saturated rings. The summed E-state index contributed by atoms with van der Waals surface area (Å²) in [7, 11) is 0. The molecule has 0 nitrogen and oxygen atoms in total. The first-order valence-electron chi connectivity index (χ1n) is 5.10. The van der Waals surface area contributed by atoms with Crippen LogP contribution in [0.15, 0.2) is 0 Å². The standard InChI is InChI=1S/C11H19/c1-8(2)7-11(9-3-4-9)10-5-6-10/h8-11H,1,3-7H2,2H3. The molecular formula is C11H19. The lowest BCUT2D eigenvalue weighted by molar-refractivity contribution is 0.342. The third kappa shape index (κ3) is 1.98. The predicted molar refractivity (Wildman–Crippen MR) is 48.1 cm³/mol. The average Bonchev–Trinajstić information content (AvgIpc) is 2.79. The Kier molecular flexibility index (Phi) is 1.95. The second-order valence-electron chi connectivity index (χ2n) is 4.68. The van der Waals surface area contributed by atoms with Gasteiger partial charge in [-0.15, -0.1) is 0 Å². The van der Waals surface area contributed by atoms with Gasteiger partial charge in [0.05, 0.1) is 0 Å². The Morgan fingerprint density at radius 3 is 1.91 bits per heavy atom. The molecule has 0 heterocycles. The van der Waals surface area contributed by atoms with Crippen LogP contribution in [0.25, 0.3) is 0 Å². The van der Waals surface area contributed by atoms with E-state index in [4.69, 9.17) is 0 Å². The summed E-state index contributed by atoms with van der Waals surface area (Å²) in [5.74, 6) is 3.99. The predicted octanol–water partition coefficient (Wildman–Crippen LogP) is 3.28. The van der Waals surface area contributed by atoms with Crippen molar-refractivity contribution in [3.05, 3.63) is 6.92 Å². The molecule has 2 saturated carbocycles. The smallest absolute Gasteiger partial charge is 0.0355 e. The van der Waals surface area contributed by atoms with Gasteiger partial charge in [0.2, 0.25) is 0 Å². The van der Waals surface area contributed by atoms with E-state index in [0.717, 1.165) is 17.8 Å². The van der Waals surface area contributed by atoms with Crippen molar-refractivity contribution in [2.24, 2.45) is 23.7 Å². The molecule has 0 aromatic carbocycles. The quantitative estimate of drug-likeness (QED) is 0.578. The molecular weight excluding hydrogens is 132 g/mol. The Hall–Kier alpha value is 0. The summed E-state index contributed by atoms with van der Waals surface area (Å²) in [6, 6.07) is 0. The van der Waals surface area contributed by atoms with E-state index in [1.54, 1.807) is 0 Å². The Morgan fingerprint density at radius 2 is 1.64 bits per heavy atom. The van der Waals surface area contributed by atoms with Crippen molar-refractivity contribution in [3.63, 3.8) is 0 Å². The molecule has 0 N–H and O–H groups in total. The highest BCUT2D eigenvalue weighted by Crippen LogP contribution is 2.51. The van der Waals surface area contributed by atoms with E-state index in [1.807, 2.05) is 0 Å². The van der Waals surface area contributed by atoms with Crippen LogP contribution in [0.3, 0.4) is 0 Å². The zero-order valence-electron chi connectivity index (χ0n) is 7.55. The summed E-state index contributed by atoms with van der Waals surface area (Å²) in [6.45, 7) is 6.36. The first-order chi connectivity index (χ1) is 5.27. The largest absolute Gasteiger partial charge is 0.0625 e. The van der Waals surface area contributed by atoms with E-state index in [2.05, 4.69) is 13.8 Å². The fourth-order valence-corrected chi connectivity index (χ4v) is 2.28. The zero-order chi connectivity index (χ0) is 7.84. The lowest BCUT2D eigenvalue weighted by Crippen LogP contribution is -2.09. The Balaban J connectivity index is 1.82. The van der Waals surface area contributed by atoms with Crippen molar-refractivity contribution in [1.82, 2.24) is 0 Å². The average molecular weight is 151 g/mol. The summed E-state index contributed by atoms with van der Waals surface area (Å²) < 4.78 is 0. The van der Waals surface area contributed by atoms with Crippen molar-refractivity contribution in [2.75, 3.05) is 0 Å². The normalized spacial score (nSPS) is 25.1. The lowest BCUT2D eigenvalue weighted by atomic mass is 9.89. The lowest BCUT2D eigenvalue weighted by Gasteiger charge is -2.17. The van der Waals surface area contributed by atoms with E-state index in [1.165, 1.54) is 32.1 Å². The molecule has 1 radical (unpaired) electrons. The van der Waals surface area contributed by atoms with Gasteiger partial charge in [-0.05, 0) is 55.8 Å². The van der Waals surface area contributed by atoms with Gasteiger partial charge < -0.3 is 0 Å². The summed E-state index contributed by atoms with van der Waals surface area (Å²) in [6.07, 6.45) is 7.49. The highest BCUT2D eigenvalue weighted by molar-refractivity contribution is 4.92. The van der Waals surface area contributed by atoms with E-state index in [9.17, 15) is 0 Å². The van der Waals surface area contributed by atoms with Crippen molar-refractivity contribution in [3.8, 4) is 0 Å². The molecule has 0 aromatic heterocycles. The molecule has 0 aliphatic heterocycles. The molecule has 1 atom stereocenters. The van der Waals surface area contributed by atoms with Gasteiger partial charge in [-0.1, -0.05) is 13.8 Å². The van der Waals surface area contributed by atoms with E-state index >= 15 is 0 Å². The molecule has 63 valence electrons. The maximum Gasteiger partial charge on any atom is -0.0355 e. The molecule has 0 spiro atoms. The topological polar surface area (TPSA) is 0 Å². The van der Waals surface area contributed by atoms with Crippen LogP contribution in [0.5, 0.6) is 0 Å². The van der Waals surface area contributed by atoms with Crippen LogP contribution in [0.1, 0.15) is 39.0 Å². The van der Waals surface area contributed by atoms with Gasteiger partial charge in [0.15, 0.2) is 0 Å². The fourth-order valence-electron chi connectivity index (χ4n) is 2.28. The van der Waals surface area contributed by atoms with Crippen LogP contribution in [0.2, 0.25) is 0 Å². The monoisotopic (exact) mass is 151 g/mol. The summed E-state index contributed by atoms with van der Waals surface area (Å²) in [5, 5.41) is 0. The first-order valence-corrected chi connectivity index (χ1v) is 5.10. The second kappa shape index (κ2) is 2.80. The van der Waals surface area contributed by atoms with Gasteiger partial charge in [0.25, 0.3) is 0 Å². The number of rotatable bonds is 4. The Labute approximate surface area is 70.4 Å². The minimum Gasteiger partial charge on any atom is -0.0625 e. The van der Waals surface area contributed by atoms with Crippen LogP contribution in [0.4, 0.5) is 0 Å². The highest BCUT2D eigenvalue weighted by Gasteiger charge is 2.41. The molecule has 11 heavy (non-hydrogen) atoms. The Morgan fingerprint density at radius 1 is 1.18 bits per heavy atom. The van der Waals surface area contributed by atoms with Crippen LogP contribution >= 0.6 is 0 Å². The third-order valence-electron chi connectivity index (χ3n) is 3.13. The van der Waals surface area contributed by atoms with Crippen molar-refractivity contribution >= 4 is 0 Å². The second-order valence-corrected chi connectivity index (χ2v) is 4.68. The Bertz CT molecular complexity index is 117. The molecule has 2 aliphatic rings. The fraction of sp³-hybridized carbons (Fsp3) is 0.909. The zero-order valence-corrected chi connectivity index (χ0v) is 7.55. The highest BCUT2D eigenvalue weighted by atomic mass is 14.5. The van der Waals surface area contributed by atoms with E-state index in [0.29, 0.717) is 5.92 Å². The molecule has 0 bridgehead atoms. The molecule has 2 rings (SSSR count). The van der Waals surface area contributed by atoms with Crippen LogP contribution < -0.4 is 0 Å². The first kappa shape index (κ1) is 7.64. The molecule has 1 unspecified atom stereocenters.